The molecular weight excluding hydrogens is 297 g/mol. The van der Waals surface area contributed by atoms with E-state index in [0.717, 1.165) is 19.7 Å². The first kappa shape index (κ1) is 9.08. The number of fused-ring (bicyclic) bond motifs is 1. The van der Waals surface area contributed by atoms with Gasteiger partial charge in [0.05, 0.1) is 21.1 Å². The first-order valence-corrected chi connectivity index (χ1v) is 5.69. The fraction of sp³-hybridized carbons (Fsp3) is 0.111. The molecule has 2 nitrogen and oxygen atoms in total. The third-order valence-electron chi connectivity index (χ3n) is 1.89. The first-order valence-electron chi connectivity index (χ1n) is 3.73. The zero-order valence-electron chi connectivity index (χ0n) is 7.00. The number of benzene rings is 1. The average Bonchev–Trinajstić information content (AvgIpc) is 2.53. The number of rotatable bonds is 1. The van der Waals surface area contributed by atoms with Crippen molar-refractivity contribution < 1.29 is 4.74 Å². The summed E-state index contributed by atoms with van der Waals surface area (Å²) in [4.78, 5) is 0. The summed E-state index contributed by atoms with van der Waals surface area (Å²) in [5.41, 5.74) is 6.70. The van der Waals surface area contributed by atoms with Gasteiger partial charge in [-0.05, 0) is 45.5 Å². The molecule has 1 heterocycles. The summed E-state index contributed by atoms with van der Waals surface area (Å²) in [5, 5.41) is 3.23. The van der Waals surface area contributed by atoms with Crippen LogP contribution in [-0.4, -0.2) is 7.11 Å². The maximum atomic E-state index is 5.96. The molecule has 68 valence electrons. The third kappa shape index (κ3) is 1.38. The fourth-order valence-corrected chi connectivity index (χ4v) is 2.97. The van der Waals surface area contributed by atoms with E-state index in [1.165, 1.54) is 5.39 Å². The van der Waals surface area contributed by atoms with Crippen LogP contribution in [0.5, 0.6) is 5.75 Å². The van der Waals surface area contributed by atoms with Crippen LogP contribution < -0.4 is 10.5 Å². The van der Waals surface area contributed by atoms with Gasteiger partial charge in [0, 0.05) is 0 Å². The molecule has 1 aromatic heterocycles. The van der Waals surface area contributed by atoms with E-state index in [1.54, 1.807) is 18.4 Å². The van der Waals surface area contributed by atoms with Crippen molar-refractivity contribution >= 4 is 49.7 Å². The Morgan fingerprint density at radius 1 is 1.54 bits per heavy atom. The topological polar surface area (TPSA) is 35.2 Å². The highest BCUT2D eigenvalue weighted by Crippen LogP contribution is 2.37. The molecule has 0 radical (unpaired) electrons. The number of nitrogens with two attached hydrogens (primary N) is 1. The Hall–Kier alpha value is -0.490. The second kappa shape index (κ2) is 3.34. The van der Waals surface area contributed by atoms with Gasteiger partial charge in [0.1, 0.15) is 0 Å². The highest BCUT2D eigenvalue weighted by Gasteiger charge is 2.10. The summed E-state index contributed by atoms with van der Waals surface area (Å²) in [6, 6.07) is 4.15. The monoisotopic (exact) mass is 305 g/mol. The molecule has 0 aliphatic carbocycles. The molecular formula is C9H8INOS. The van der Waals surface area contributed by atoms with Gasteiger partial charge in [-0.25, -0.2) is 0 Å². The van der Waals surface area contributed by atoms with Crippen LogP contribution in [0.25, 0.3) is 10.1 Å². The molecule has 0 amide bonds. The van der Waals surface area contributed by atoms with Crippen LogP contribution in [0.1, 0.15) is 0 Å². The fourth-order valence-electron chi connectivity index (χ4n) is 1.29. The Morgan fingerprint density at radius 2 is 2.31 bits per heavy atom. The van der Waals surface area contributed by atoms with E-state index >= 15 is 0 Å². The Kier molecular flexibility index (Phi) is 2.33. The number of halogens is 1. The molecule has 0 unspecified atom stereocenters. The van der Waals surface area contributed by atoms with Gasteiger partial charge in [-0.3, -0.25) is 0 Å². The largest absolute Gasteiger partial charge is 0.493 e. The van der Waals surface area contributed by atoms with Gasteiger partial charge >= 0.3 is 0 Å². The van der Waals surface area contributed by atoms with E-state index in [-0.39, 0.29) is 0 Å². The van der Waals surface area contributed by atoms with Crippen molar-refractivity contribution in [3.8, 4) is 5.75 Å². The zero-order chi connectivity index (χ0) is 9.42. The van der Waals surface area contributed by atoms with Gasteiger partial charge in [-0.1, -0.05) is 0 Å². The van der Waals surface area contributed by atoms with E-state index in [0.29, 0.717) is 0 Å². The normalized spacial score (nSPS) is 10.6. The number of hydrogen-bond acceptors (Lipinski definition) is 3. The lowest BCUT2D eigenvalue weighted by atomic mass is 10.2. The number of methoxy groups -OCH3 is 1. The molecule has 0 fully saturated rings. The lowest BCUT2D eigenvalue weighted by molar-refractivity contribution is 0.414. The quantitative estimate of drug-likeness (QED) is 0.649. The molecule has 0 aliphatic rings. The van der Waals surface area contributed by atoms with Crippen molar-refractivity contribution in [2.75, 3.05) is 12.8 Å². The van der Waals surface area contributed by atoms with Gasteiger partial charge in [0.15, 0.2) is 5.75 Å². The van der Waals surface area contributed by atoms with E-state index in [2.05, 4.69) is 34.7 Å². The van der Waals surface area contributed by atoms with Gasteiger partial charge in [-0.2, -0.15) is 0 Å². The molecule has 2 N–H and O–H groups in total. The smallest absolute Gasteiger partial charge is 0.156 e. The highest BCUT2D eigenvalue weighted by atomic mass is 127. The second-order valence-corrected chi connectivity index (χ2v) is 4.72. The summed E-state index contributed by atoms with van der Waals surface area (Å²) in [5.74, 6) is 0.788. The number of anilines is 1. The molecule has 0 spiro atoms. The second-order valence-electron chi connectivity index (χ2n) is 2.64. The van der Waals surface area contributed by atoms with E-state index in [9.17, 15) is 0 Å². The highest BCUT2D eigenvalue weighted by molar-refractivity contribution is 14.1. The lowest BCUT2D eigenvalue weighted by Gasteiger charge is -2.07. The molecule has 0 saturated heterocycles. The SMILES string of the molecule is COc1c(I)cc2ccsc2c1N. The van der Waals surface area contributed by atoms with Crippen LogP contribution >= 0.6 is 33.9 Å². The minimum absolute atomic E-state index is 0.749. The van der Waals surface area contributed by atoms with Crippen LogP contribution in [0.2, 0.25) is 0 Å². The molecule has 0 bridgehead atoms. The Labute approximate surface area is 93.8 Å². The molecule has 2 rings (SSSR count). The summed E-state index contributed by atoms with van der Waals surface area (Å²) in [7, 11) is 1.65. The summed E-state index contributed by atoms with van der Waals surface area (Å²) >= 11 is 3.88. The average molecular weight is 305 g/mol. The number of ether oxygens (including phenoxy) is 1. The molecule has 4 heteroatoms. The van der Waals surface area contributed by atoms with E-state index in [4.69, 9.17) is 10.5 Å². The van der Waals surface area contributed by atoms with Crippen LogP contribution in [0, 0.1) is 3.57 Å². The van der Waals surface area contributed by atoms with Gasteiger partial charge in [0.2, 0.25) is 0 Å². The molecule has 1 aromatic carbocycles. The van der Waals surface area contributed by atoms with E-state index in [1.807, 2.05) is 5.38 Å². The van der Waals surface area contributed by atoms with Crippen molar-refractivity contribution in [3.05, 3.63) is 21.1 Å². The van der Waals surface area contributed by atoms with Crippen molar-refractivity contribution in [1.82, 2.24) is 0 Å². The summed E-state index contributed by atoms with van der Waals surface area (Å²) in [6.45, 7) is 0. The van der Waals surface area contributed by atoms with Gasteiger partial charge < -0.3 is 10.5 Å². The van der Waals surface area contributed by atoms with E-state index < -0.39 is 0 Å². The first-order chi connectivity index (χ1) is 6.24. The lowest BCUT2D eigenvalue weighted by Crippen LogP contribution is -1.94. The molecule has 0 aliphatic heterocycles. The number of hydrogen-bond donors (Lipinski definition) is 1. The molecule has 13 heavy (non-hydrogen) atoms. The predicted octanol–water partition coefficient (Wildman–Crippen LogP) is 3.10. The summed E-state index contributed by atoms with van der Waals surface area (Å²) < 4.78 is 7.39. The van der Waals surface area contributed by atoms with Crippen LogP contribution in [0.4, 0.5) is 5.69 Å². The van der Waals surface area contributed by atoms with Crippen LogP contribution in [-0.2, 0) is 0 Å². The number of thiophene rings is 1. The zero-order valence-corrected chi connectivity index (χ0v) is 9.98. The Bertz CT molecular complexity index is 452. The van der Waals surface area contributed by atoms with Crippen molar-refractivity contribution in [3.63, 3.8) is 0 Å². The van der Waals surface area contributed by atoms with Crippen molar-refractivity contribution in [1.29, 1.82) is 0 Å². The maximum absolute atomic E-state index is 5.96. The standard InChI is InChI=1S/C9H8INOS/c1-12-8-6(10)4-5-2-3-13-9(5)7(8)11/h2-4H,11H2,1H3. The van der Waals surface area contributed by atoms with Crippen molar-refractivity contribution in [2.24, 2.45) is 0 Å². The minimum atomic E-state index is 0.749. The van der Waals surface area contributed by atoms with Gasteiger partial charge in [0.25, 0.3) is 0 Å². The maximum Gasteiger partial charge on any atom is 0.156 e. The van der Waals surface area contributed by atoms with Gasteiger partial charge in [-0.15, -0.1) is 11.3 Å². The Balaban J connectivity index is 2.85. The Morgan fingerprint density at radius 3 is 3.00 bits per heavy atom. The minimum Gasteiger partial charge on any atom is -0.493 e. The molecule has 0 saturated carbocycles. The summed E-state index contributed by atoms with van der Waals surface area (Å²) in [6.07, 6.45) is 0. The molecule has 2 aromatic rings. The molecule has 0 atom stereocenters. The number of nitrogen functional groups attached to an aromatic ring is 1. The van der Waals surface area contributed by atoms with Crippen LogP contribution in [0.3, 0.4) is 0 Å². The predicted molar refractivity (Wildman–Crippen MR) is 65.5 cm³/mol. The van der Waals surface area contributed by atoms with Crippen LogP contribution in [0.15, 0.2) is 17.5 Å². The van der Waals surface area contributed by atoms with Crippen molar-refractivity contribution in [2.45, 2.75) is 0 Å². The third-order valence-corrected chi connectivity index (χ3v) is 3.65.